The van der Waals surface area contributed by atoms with Crippen molar-refractivity contribution in [3.63, 3.8) is 0 Å². The number of pyridine rings is 1. The zero-order valence-electron chi connectivity index (χ0n) is 20.0. The van der Waals surface area contributed by atoms with E-state index in [9.17, 15) is 9.59 Å². The number of piperidine rings is 1. The molecule has 0 spiro atoms. The molecule has 34 heavy (non-hydrogen) atoms. The second kappa shape index (κ2) is 10.1. The van der Waals surface area contributed by atoms with Crippen molar-refractivity contribution in [1.82, 2.24) is 25.0 Å². The molecule has 180 valence electrons. The van der Waals surface area contributed by atoms with E-state index in [1.165, 1.54) is 5.56 Å². The summed E-state index contributed by atoms with van der Waals surface area (Å²) in [6.45, 7) is 7.98. The Morgan fingerprint density at radius 1 is 1.18 bits per heavy atom. The number of carbonyl (C=O) groups excluding carboxylic acids is 2. The van der Waals surface area contributed by atoms with Gasteiger partial charge in [0.15, 0.2) is 5.65 Å². The quantitative estimate of drug-likeness (QED) is 0.496. The number of anilines is 1. The van der Waals surface area contributed by atoms with E-state index in [4.69, 9.17) is 5.73 Å². The Morgan fingerprint density at radius 2 is 1.91 bits per heavy atom. The number of nitrogens with two attached hydrogens (primary N) is 1. The molecule has 4 rings (SSSR count). The van der Waals surface area contributed by atoms with Gasteiger partial charge in [-0.2, -0.15) is 5.10 Å². The molecule has 0 saturated carbocycles. The summed E-state index contributed by atoms with van der Waals surface area (Å²) < 4.78 is 1.82. The van der Waals surface area contributed by atoms with E-state index in [0.717, 1.165) is 41.5 Å². The van der Waals surface area contributed by atoms with Gasteiger partial charge in [0.25, 0.3) is 5.91 Å². The molecular weight excluding hydrogens is 430 g/mol. The van der Waals surface area contributed by atoms with E-state index < -0.39 is 6.03 Å². The van der Waals surface area contributed by atoms with Crippen LogP contribution >= 0.6 is 0 Å². The van der Waals surface area contributed by atoms with Crippen LogP contribution < -0.4 is 16.4 Å². The van der Waals surface area contributed by atoms with Crippen molar-refractivity contribution in [2.45, 2.75) is 58.7 Å². The number of hydrogen-bond donors (Lipinski definition) is 3. The van der Waals surface area contributed by atoms with Gasteiger partial charge in [0, 0.05) is 31.9 Å². The number of amides is 3. The van der Waals surface area contributed by atoms with Gasteiger partial charge in [-0.25, -0.2) is 14.5 Å². The number of carbonyl (C=O) groups is 2. The minimum atomic E-state index is -0.393. The van der Waals surface area contributed by atoms with Crippen LogP contribution in [0.25, 0.3) is 11.0 Å². The summed E-state index contributed by atoms with van der Waals surface area (Å²) in [6, 6.07) is 7.73. The maximum atomic E-state index is 13.5. The first-order valence-electron chi connectivity index (χ1n) is 12.0. The lowest BCUT2D eigenvalue weighted by molar-refractivity contribution is 0.0940. The zero-order valence-corrected chi connectivity index (χ0v) is 20.0. The van der Waals surface area contributed by atoms with Crippen molar-refractivity contribution in [3.8, 4) is 0 Å². The van der Waals surface area contributed by atoms with Gasteiger partial charge in [0.1, 0.15) is 0 Å². The fourth-order valence-corrected chi connectivity index (χ4v) is 4.66. The Morgan fingerprint density at radius 3 is 2.59 bits per heavy atom. The number of aryl methyl sites for hydroxylation is 2. The monoisotopic (exact) mass is 463 g/mol. The van der Waals surface area contributed by atoms with Crippen LogP contribution in [0.5, 0.6) is 0 Å². The molecule has 4 N–H and O–H groups in total. The van der Waals surface area contributed by atoms with Crippen molar-refractivity contribution < 1.29 is 9.59 Å². The molecular formula is C25H33N7O2. The largest absolute Gasteiger partial charge is 0.381 e. The fraction of sp³-hybridized carbons (Fsp3) is 0.440. The van der Waals surface area contributed by atoms with Crippen LogP contribution in [0.1, 0.15) is 61.1 Å². The molecule has 0 aliphatic carbocycles. The number of nitrogens with one attached hydrogen (secondary N) is 2. The van der Waals surface area contributed by atoms with Gasteiger partial charge in [-0.15, -0.1) is 0 Å². The number of urea groups is 1. The van der Waals surface area contributed by atoms with Crippen molar-refractivity contribution in [3.05, 3.63) is 53.3 Å². The highest BCUT2D eigenvalue weighted by Crippen LogP contribution is 2.29. The number of likely N-dealkylation sites (tertiary alicyclic amines) is 1. The molecule has 3 amide bonds. The summed E-state index contributed by atoms with van der Waals surface area (Å²) >= 11 is 0. The van der Waals surface area contributed by atoms with Gasteiger partial charge in [0.2, 0.25) is 0 Å². The lowest BCUT2D eigenvalue weighted by Gasteiger charge is -2.32. The van der Waals surface area contributed by atoms with Crippen LogP contribution in [0, 0.1) is 0 Å². The predicted molar refractivity (Wildman–Crippen MR) is 133 cm³/mol. The first-order valence-corrected chi connectivity index (χ1v) is 12.0. The summed E-state index contributed by atoms with van der Waals surface area (Å²) in [5.74, 6) is -0.186. The van der Waals surface area contributed by atoms with Gasteiger partial charge in [0.05, 0.1) is 28.9 Å². The molecule has 1 fully saturated rings. The SMILES string of the molecule is CCc1ccccc1[C@@H](C)NC(=O)c1cnc2c(cnn2CC)c1NC1CCN(C(N)=O)CC1. The number of aromatic nitrogens is 3. The van der Waals surface area contributed by atoms with Gasteiger partial charge < -0.3 is 21.3 Å². The van der Waals surface area contributed by atoms with Crippen LogP contribution in [0.4, 0.5) is 10.5 Å². The number of benzene rings is 1. The van der Waals surface area contributed by atoms with Crippen molar-refractivity contribution in [2.75, 3.05) is 18.4 Å². The number of fused-ring (bicyclic) bond motifs is 1. The average molecular weight is 464 g/mol. The van der Waals surface area contributed by atoms with E-state index in [1.54, 1.807) is 17.3 Å². The van der Waals surface area contributed by atoms with Gasteiger partial charge >= 0.3 is 6.03 Å². The molecule has 1 saturated heterocycles. The average Bonchev–Trinajstić information content (AvgIpc) is 3.28. The molecule has 1 aromatic carbocycles. The first kappa shape index (κ1) is 23.5. The van der Waals surface area contributed by atoms with Crippen molar-refractivity contribution in [1.29, 1.82) is 0 Å². The zero-order chi connectivity index (χ0) is 24.2. The maximum Gasteiger partial charge on any atom is 0.314 e. The molecule has 0 unspecified atom stereocenters. The fourth-order valence-electron chi connectivity index (χ4n) is 4.66. The summed E-state index contributed by atoms with van der Waals surface area (Å²) in [6.07, 6.45) is 5.78. The molecule has 0 bridgehead atoms. The molecule has 3 heterocycles. The summed E-state index contributed by atoms with van der Waals surface area (Å²) in [7, 11) is 0. The summed E-state index contributed by atoms with van der Waals surface area (Å²) in [4.78, 5) is 31.2. The third kappa shape index (κ3) is 4.69. The van der Waals surface area contributed by atoms with Crippen LogP contribution in [0.3, 0.4) is 0 Å². The molecule has 0 radical (unpaired) electrons. The topological polar surface area (TPSA) is 118 Å². The van der Waals surface area contributed by atoms with Crippen molar-refractivity contribution in [2.24, 2.45) is 5.73 Å². The van der Waals surface area contributed by atoms with Crippen molar-refractivity contribution >= 4 is 28.7 Å². The molecule has 2 aromatic heterocycles. The number of nitrogens with zero attached hydrogens (tertiary/aromatic N) is 4. The predicted octanol–water partition coefficient (Wildman–Crippen LogP) is 3.46. The minimum absolute atomic E-state index is 0.107. The smallest absolute Gasteiger partial charge is 0.314 e. The Kier molecular flexibility index (Phi) is 7.00. The highest BCUT2D eigenvalue weighted by atomic mass is 16.2. The third-order valence-corrected chi connectivity index (χ3v) is 6.62. The lowest BCUT2D eigenvalue weighted by atomic mass is 9.99. The highest BCUT2D eigenvalue weighted by Gasteiger charge is 2.25. The molecule has 9 heteroatoms. The second-order valence-electron chi connectivity index (χ2n) is 8.74. The molecule has 1 aliphatic rings. The van der Waals surface area contributed by atoms with Crippen LogP contribution in [0.15, 0.2) is 36.7 Å². The van der Waals surface area contributed by atoms with E-state index in [1.807, 2.05) is 30.7 Å². The standard InChI is InChI=1S/C25H33N7O2/c1-4-17-8-6-7-9-19(17)16(3)29-24(33)21-14-27-23-20(15-28-32(23)5-2)22(21)30-18-10-12-31(13-11-18)25(26)34/h6-9,14-16,18H,4-5,10-13H2,1-3H3,(H2,26,34)(H,27,30)(H,29,33)/t16-/m1/s1. The van der Waals surface area contributed by atoms with E-state index in [-0.39, 0.29) is 18.0 Å². The molecule has 3 aromatic rings. The number of primary amides is 1. The first-order chi connectivity index (χ1) is 16.4. The lowest BCUT2D eigenvalue weighted by Crippen LogP contribution is -2.45. The van der Waals surface area contributed by atoms with E-state index >= 15 is 0 Å². The Hall–Kier alpha value is -3.62. The Balaban J connectivity index is 1.62. The van der Waals surface area contributed by atoms with Gasteiger partial charge in [-0.3, -0.25) is 4.79 Å². The third-order valence-electron chi connectivity index (χ3n) is 6.62. The van der Waals surface area contributed by atoms with Crippen LogP contribution in [0.2, 0.25) is 0 Å². The van der Waals surface area contributed by atoms with E-state index in [0.29, 0.717) is 25.2 Å². The van der Waals surface area contributed by atoms with Crippen LogP contribution in [-0.2, 0) is 13.0 Å². The number of hydrogen-bond acceptors (Lipinski definition) is 5. The van der Waals surface area contributed by atoms with Gasteiger partial charge in [-0.1, -0.05) is 31.2 Å². The second-order valence-corrected chi connectivity index (χ2v) is 8.74. The highest BCUT2D eigenvalue weighted by molar-refractivity contribution is 6.06. The molecule has 1 aliphatic heterocycles. The molecule has 1 atom stereocenters. The summed E-state index contributed by atoms with van der Waals surface area (Å²) in [5, 5.41) is 12.0. The Labute approximate surface area is 199 Å². The maximum absolute atomic E-state index is 13.5. The van der Waals surface area contributed by atoms with Crippen LogP contribution in [-0.4, -0.2) is 50.7 Å². The number of rotatable bonds is 7. The summed E-state index contributed by atoms with van der Waals surface area (Å²) in [5.41, 5.74) is 9.71. The normalized spacial score (nSPS) is 15.3. The van der Waals surface area contributed by atoms with E-state index in [2.05, 4.69) is 39.8 Å². The van der Waals surface area contributed by atoms with Gasteiger partial charge in [-0.05, 0) is 44.2 Å². The minimum Gasteiger partial charge on any atom is -0.381 e. The Bertz CT molecular complexity index is 1180. The molecule has 9 nitrogen and oxygen atoms in total.